The van der Waals surface area contributed by atoms with E-state index in [1.807, 2.05) is 30.3 Å². The molecule has 0 aliphatic rings. The van der Waals surface area contributed by atoms with Gasteiger partial charge in [-0.3, -0.25) is 5.10 Å². The lowest BCUT2D eigenvalue weighted by atomic mass is 10.3. The average molecular weight is 235 g/mol. The standard InChI is InChI=1S/C11H13N3OS/c1-2-16-11-12-10(13-14-11)8-15-9-6-4-3-5-7-9/h3-7H,2,8H2,1H3,(H,12,13,14). The number of benzene rings is 1. The molecule has 0 spiro atoms. The molecule has 0 aliphatic carbocycles. The lowest BCUT2D eigenvalue weighted by molar-refractivity contribution is 0.296. The molecule has 0 unspecified atom stereocenters. The fraction of sp³-hybridized carbons (Fsp3) is 0.273. The molecule has 4 nitrogen and oxygen atoms in total. The van der Waals surface area contributed by atoms with Gasteiger partial charge in [0.2, 0.25) is 5.16 Å². The predicted molar refractivity (Wildman–Crippen MR) is 63.6 cm³/mol. The fourth-order valence-electron chi connectivity index (χ4n) is 1.20. The predicted octanol–water partition coefficient (Wildman–Crippen LogP) is 2.50. The van der Waals surface area contributed by atoms with E-state index in [1.165, 1.54) is 0 Å². The van der Waals surface area contributed by atoms with Gasteiger partial charge in [0.1, 0.15) is 12.4 Å². The summed E-state index contributed by atoms with van der Waals surface area (Å²) in [6.45, 7) is 2.49. The summed E-state index contributed by atoms with van der Waals surface area (Å²) in [6, 6.07) is 9.66. The molecule has 5 heteroatoms. The molecule has 0 radical (unpaired) electrons. The number of hydrogen-bond acceptors (Lipinski definition) is 4. The summed E-state index contributed by atoms with van der Waals surface area (Å²) >= 11 is 1.61. The molecule has 84 valence electrons. The van der Waals surface area contributed by atoms with E-state index < -0.39 is 0 Å². The third-order valence-corrected chi connectivity index (χ3v) is 2.63. The van der Waals surface area contributed by atoms with Gasteiger partial charge in [0, 0.05) is 0 Å². The average Bonchev–Trinajstić information content (AvgIpc) is 2.76. The number of nitrogens with zero attached hydrogens (tertiary/aromatic N) is 2. The molecule has 0 bridgehead atoms. The molecule has 1 aromatic heterocycles. The van der Waals surface area contributed by atoms with Crippen molar-refractivity contribution in [2.75, 3.05) is 5.75 Å². The highest BCUT2D eigenvalue weighted by atomic mass is 32.2. The zero-order valence-electron chi connectivity index (χ0n) is 9.01. The first kappa shape index (κ1) is 11.0. The van der Waals surface area contributed by atoms with Gasteiger partial charge in [0.05, 0.1) is 0 Å². The van der Waals surface area contributed by atoms with E-state index in [0.29, 0.717) is 6.61 Å². The van der Waals surface area contributed by atoms with Crippen LogP contribution in [0.3, 0.4) is 0 Å². The number of ether oxygens (including phenoxy) is 1. The van der Waals surface area contributed by atoms with Crippen molar-refractivity contribution in [3.63, 3.8) is 0 Å². The normalized spacial score (nSPS) is 10.3. The summed E-state index contributed by atoms with van der Waals surface area (Å²) in [5, 5.41) is 7.69. The largest absolute Gasteiger partial charge is 0.486 e. The number of nitrogens with one attached hydrogen (secondary N) is 1. The Labute approximate surface area is 98.4 Å². The van der Waals surface area contributed by atoms with Gasteiger partial charge in [-0.05, 0) is 17.9 Å². The van der Waals surface area contributed by atoms with Crippen molar-refractivity contribution in [1.82, 2.24) is 15.2 Å². The number of para-hydroxylation sites is 1. The maximum atomic E-state index is 5.54. The van der Waals surface area contributed by atoms with Crippen molar-refractivity contribution in [1.29, 1.82) is 0 Å². The van der Waals surface area contributed by atoms with E-state index in [4.69, 9.17) is 4.74 Å². The summed E-state index contributed by atoms with van der Waals surface area (Å²) in [4.78, 5) is 4.29. The Kier molecular flexibility index (Phi) is 3.82. The van der Waals surface area contributed by atoms with Crippen LogP contribution in [0.15, 0.2) is 35.5 Å². The smallest absolute Gasteiger partial charge is 0.208 e. The van der Waals surface area contributed by atoms with Crippen molar-refractivity contribution in [2.45, 2.75) is 18.7 Å². The lowest BCUT2D eigenvalue weighted by Gasteiger charge is -2.02. The van der Waals surface area contributed by atoms with Crippen molar-refractivity contribution >= 4 is 11.8 Å². The Morgan fingerprint density at radius 2 is 2.12 bits per heavy atom. The lowest BCUT2D eigenvalue weighted by Crippen LogP contribution is -1.97. The summed E-state index contributed by atoms with van der Waals surface area (Å²) in [5.41, 5.74) is 0. The van der Waals surface area contributed by atoms with Gasteiger partial charge in [-0.25, -0.2) is 4.98 Å². The minimum Gasteiger partial charge on any atom is -0.486 e. The van der Waals surface area contributed by atoms with Crippen LogP contribution in [0.5, 0.6) is 5.75 Å². The molecule has 1 N–H and O–H groups in total. The van der Waals surface area contributed by atoms with E-state index in [9.17, 15) is 0 Å². The third-order valence-electron chi connectivity index (χ3n) is 1.90. The van der Waals surface area contributed by atoms with Crippen LogP contribution in [0.25, 0.3) is 0 Å². The molecular formula is C11H13N3OS. The van der Waals surface area contributed by atoms with Crippen LogP contribution in [0.1, 0.15) is 12.7 Å². The second kappa shape index (κ2) is 5.55. The van der Waals surface area contributed by atoms with Crippen LogP contribution >= 0.6 is 11.8 Å². The number of hydrogen-bond donors (Lipinski definition) is 1. The van der Waals surface area contributed by atoms with Gasteiger partial charge in [-0.2, -0.15) is 0 Å². The molecular weight excluding hydrogens is 222 g/mol. The number of rotatable bonds is 5. The van der Waals surface area contributed by atoms with E-state index in [-0.39, 0.29) is 0 Å². The van der Waals surface area contributed by atoms with Crippen molar-refractivity contribution in [3.05, 3.63) is 36.2 Å². The highest BCUT2D eigenvalue weighted by Crippen LogP contribution is 2.13. The van der Waals surface area contributed by atoms with E-state index in [0.717, 1.165) is 22.5 Å². The van der Waals surface area contributed by atoms with Gasteiger partial charge in [-0.15, -0.1) is 5.10 Å². The Morgan fingerprint density at radius 3 is 2.88 bits per heavy atom. The molecule has 0 amide bonds. The third kappa shape index (κ3) is 3.00. The molecule has 16 heavy (non-hydrogen) atoms. The Balaban J connectivity index is 1.89. The second-order valence-corrected chi connectivity index (χ2v) is 4.33. The van der Waals surface area contributed by atoms with E-state index in [2.05, 4.69) is 22.1 Å². The molecule has 0 aliphatic heterocycles. The Bertz CT molecular complexity index is 430. The quantitative estimate of drug-likeness (QED) is 0.809. The van der Waals surface area contributed by atoms with Crippen molar-refractivity contribution < 1.29 is 4.74 Å². The van der Waals surface area contributed by atoms with E-state index in [1.54, 1.807) is 11.8 Å². The van der Waals surface area contributed by atoms with Crippen LogP contribution in [-0.4, -0.2) is 20.9 Å². The van der Waals surface area contributed by atoms with Crippen molar-refractivity contribution in [2.24, 2.45) is 0 Å². The van der Waals surface area contributed by atoms with Gasteiger partial charge in [-0.1, -0.05) is 36.9 Å². The number of thioether (sulfide) groups is 1. The molecule has 0 saturated heterocycles. The van der Waals surface area contributed by atoms with Crippen molar-refractivity contribution in [3.8, 4) is 5.75 Å². The molecule has 1 heterocycles. The maximum Gasteiger partial charge on any atom is 0.208 e. The van der Waals surface area contributed by atoms with Crippen LogP contribution in [0.2, 0.25) is 0 Å². The second-order valence-electron chi connectivity index (χ2n) is 3.10. The van der Waals surface area contributed by atoms with Crippen LogP contribution in [0.4, 0.5) is 0 Å². The topological polar surface area (TPSA) is 50.8 Å². The highest BCUT2D eigenvalue weighted by molar-refractivity contribution is 7.99. The highest BCUT2D eigenvalue weighted by Gasteiger charge is 2.03. The minimum absolute atomic E-state index is 0.418. The van der Waals surface area contributed by atoms with Crippen LogP contribution in [0, 0.1) is 0 Å². The number of H-pyrrole nitrogens is 1. The number of aromatic nitrogens is 3. The molecule has 2 rings (SSSR count). The summed E-state index contributed by atoms with van der Waals surface area (Å²) in [5.74, 6) is 2.56. The van der Waals surface area contributed by atoms with Gasteiger partial charge in [0.25, 0.3) is 0 Å². The summed E-state index contributed by atoms with van der Waals surface area (Å²) in [6.07, 6.45) is 0. The van der Waals surface area contributed by atoms with Crippen LogP contribution < -0.4 is 4.74 Å². The molecule has 0 fully saturated rings. The van der Waals surface area contributed by atoms with Gasteiger partial charge >= 0.3 is 0 Å². The van der Waals surface area contributed by atoms with Crippen LogP contribution in [-0.2, 0) is 6.61 Å². The fourth-order valence-corrected chi connectivity index (χ4v) is 1.75. The molecule has 1 aromatic carbocycles. The SMILES string of the molecule is CCSc1n[nH]c(COc2ccccc2)n1. The monoisotopic (exact) mass is 235 g/mol. The zero-order chi connectivity index (χ0) is 11.2. The van der Waals surface area contributed by atoms with Gasteiger partial charge < -0.3 is 4.74 Å². The minimum atomic E-state index is 0.418. The summed E-state index contributed by atoms with van der Waals surface area (Å²) in [7, 11) is 0. The molecule has 2 aromatic rings. The van der Waals surface area contributed by atoms with E-state index >= 15 is 0 Å². The first-order valence-corrected chi connectivity index (χ1v) is 6.09. The zero-order valence-corrected chi connectivity index (χ0v) is 9.83. The molecule has 0 saturated carbocycles. The first-order valence-electron chi connectivity index (χ1n) is 5.10. The maximum absolute atomic E-state index is 5.54. The van der Waals surface area contributed by atoms with Gasteiger partial charge in [0.15, 0.2) is 5.82 Å². The Hall–Kier alpha value is -1.49. The number of aromatic amines is 1. The molecule has 0 atom stereocenters. The first-order chi connectivity index (χ1) is 7.88. The Morgan fingerprint density at radius 1 is 1.31 bits per heavy atom. The summed E-state index contributed by atoms with van der Waals surface area (Å²) < 4.78 is 5.54.